The highest BCUT2D eigenvalue weighted by atomic mass is 19.1. The first-order valence-corrected chi connectivity index (χ1v) is 8.01. The number of carbonyl (C=O) groups excluding carboxylic acids is 1. The van der Waals surface area contributed by atoms with Crippen molar-refractivity contribution in [3.8, 4) is 11.5 Å². The second kappa shape index (κ2) is 6.76. The third kappa shape index (κ3) is 3.44. The third-order valence-corrected chi connectivity index (χ3v) is 3.89. The van der Waals surface area contributed by atoms with E-state index in [2.05, 4.69) is 10.6 Å². The number of ether oxygens (including phenoxy) is 2. The Morgan fingerprint density at radius 1 is 0.846 bits per heavy atom. The molecule has 4 rings (SSSR count). The number of carbonyl (C=O) groups is 1. The summed E-state index contributed by atoms with van der Waals surface area (Å²) in [6.07, 6.45) is 0. The lowest BCUT2D eigenvalue weighted by Gasteiger charge is -2.09. The number of rotatable bonds is 4. The van der Waals surface area contributed by atoms with Crippen LogP contribution in [0.15, 0.2) is 66.7 Å². The van der Waals surface area contributed by atoms with Gasteiger partial charge in [-0.1, -0.05) is 6.07 Å². The zero-order valence-electron chi connectivity index (χ0n) is 13.7. The van der Waals surface area contributed by atoms with Crippen LogP contribution in [0.2, 0.25) is 0 Å². The van der Waals surface area contributed by atoms with Crippen molar-refractivity contribution in [3.05, 3.63) is 78.1 Å². The van der Waals surface area contributed by atoms with E-state index >= 15 is 0 Å². The Kier molecular flexibility index (Phi) is 4.15. The van der Waals surface area contributed by atoms with Gasteiger partial charge in [-0.3, -0.25) is 4.79 Å². The quantitative estimate of drug-likeness (QED) is 0.725. The monoisotopic (exact) mass is 350 g/mol. The maximum Gasteiger partial charge on any atom is 0.255 e. The predicted molar refractivity (Wildman–Crippen MR) is 96.6 cm³/mol. The summed E-state index contributed by atoms with van der Waals surface area (Å²) in [5.74, 6) is 0.651. The largest absolute Gasteiger partial charge is 0.454 e. The molecule has 0 atom stereocenters. The molecular weight excluding hydrogens is 335 g/mol. The van der Waals surface area contributed by atoms with Gasteiger partial charge in [-0.05, 0) is 60.7 Å². The number of nitrogens with one attached hydrogen (secondary N) is 2. The van der Waals surface area contributed by atoms with Gasteiger partial charge in [0.15, 0.2) is 11.5 Å². The van der Waals surface area contributed by atoms with Crippen molar-refractivity contribution in [3.63, 3.8) is 0 Å². The second-order valence-electron chi connectivity index (χ2n) is 5.73. The molecule has 0 spiro atoms. The molecule has 0 radical (unpaired) electrons. The van der Waals surface area contributed by atoms with Gasteiger partial charge in [0, 0.05) is 22.6 Å². The standard InChI is InChI=1S/C20H15FN2O3/c21-14-2-1-3-17(11-14)22-15-5-7-16(8-6-15)23-20(24)13-4-9-18-19(10-13)26-12-25-18/h1-11,22H,12H2,(H,23,24). The van der Waals surface area contributed by atoms with Crippen molar-refractivity contribution in [2.24, 2.45) is 0 Å². The average Bonchev–Trinajstić information content (AvgIpc) is 3.11. The van der Waals surface area contributed by atoms with Crippen LogP contribution in [0.5, 0.6) is 11.5 Å². The Balaban J connectivity index is 1.43. The van der Waals surface area contributed by atoms with Gasteiger partial charge in [0.05, 0.1) is 0 Å². The van der Waals surface area contributed by atoms with Gasteiger partial charge in [0.25, 0.3) is 5.91 Å². The van der Waals surface area contributed by atoms with E-state index < -0.39 is 0 Å². The molecule has 1 amide bonds. The van der Waals surface area contributed by atoms with E-state index in [1.165, 1.54) is 12.1 Å². The first kappa shape index (κ1) is 16.0. The second-order valence-corrected chi connectivity index (χ2v) is 5.73. The zero-order chi connectivity index (χ0) is 17.9. The van der Waals surface area contributed by atoms with E-state index in [-0.39, 0.29) is 18.5 Å². The lowest BCUT2D eigenvalue weighted by atomic mass is 10.2. The van der Waals surface area contributed by atoms with E-state index in [9.17, 15) is 9.18 Å². The molecule has 26 heavy (non-hydrogen) atoms. The van der Waals surface area contributed by atoms with Crippen molar-refractivity contribution < 1.29 is 18.7 Å². The highest BCUT2D eigenvalue weighted by Crippen LogP contribution is 2.32. The molecule has 1 aliphatic rings. The van der Waals surface area contributed by atoms with Crippen LogP contribution in [0.3, 0.4) is 0 Å². The van der Waals surface area contributed by atoms with Crippen molar-refractivity contribution in [2.75, 3.05) is 17.4 Å². The van der Waals surface area contributed by atoms with Crippen LogP contribution in [0.1, 0.15) is 10.4 Å². The summed E-state index contributed by atoms with van der Waals surface area (Å²) in [7, 11) is 0. The maximum absolute atomic E-state index is 13.2. The van der Waals surface area contributed by atoms with Gasteiger partial charge >= 0.3 is 0 Å². The smallest absolute Gasteiger partial charge is 0.255 e. The van der Waals surface area contributed by atoms with Gasteiger partial charge in [-0.25, -0.2) is 4.39 Å². The van der Waals surface area contributed by atoms with E-state index in [0.717, 1.165) is 5.69 Å². The van der Waals surface area contributed by atoms with E-state index in [0.29, 0.717) is 28.4 Å². The molecule has 3 aromatic carbocycles. The number of halogens is 1. The van der Waals surface area contributed by atoms with Gasteiger partial charge < -0.3 is 20.1 Å². The Hall–Kier alpha value is -3.54. The van der Waals surface area contributed by atoms with Crippen LogP contribution in [0, 0.1) is 5.82 Å². The Labute approximate surface area is 149 Å². The van der Waals surface area contributed by atoms with Gasteiger partial charge in [-0.2, -0.15) is 0 Å². The Bertz CT molecular complexity index is 958. The van der Waals surface area contributed by atoms with Crippen LogP contribution in [0.4, 0.5) is 21.5 Å². The number of benzene rings is 3. The van der Waals surface area contributed by atoms with Crippen molar-refractivity contribution in [1.29, 1.82) is 0 Å². The molecule has 3 aromatic rings. The molecule has 0 saturated carbocycles. The molecule has 0 aliphatic carbocycles. The summed E-state index contributed by atoms with van der Waals surface area (Å²) in [6.45, 7) is 0.167. The minimum Gasteiger partial charge on any atom is -0.454 e. The molecule has 1 aliphatic heterocycles. The Morgan fingerprint density at radius 3 is 2.42 bits per heavy atom. The van der Waals surface area contributed by atoms with Crippen LogP contribution in [-0.4, -0.2) is 12.7 Å². The van der Waals surface area contributed by atoms with Gasteiger partial charge in [0.1, 0.15) is 5.82 Å². The minimum atomic E-state index is -0.303. The van der Waals surface area contributed by atoms with Crippen LogP contribution >= 0.6 is 0 Å². The number of hydrogen-bond acceptors (Lipinski definition) is 4. The summed E-state index contributed by atoms with van der Waals surface area (Å²) in [5.41, 5.74) is 2.58. The maximum atomic E-state index is 13.2. The summed E-state index contributed by atoms with van der Waals surface area (Å²) in [4.78, 5) is 12.4. The molecule has 130 valence electrons. The fourth-order valence-corrected chi connectivity index (χ4v) is 2.61. The van der Waals surface area contributed by atoms with Crippen molar-refractivity contribution in [1.82, 2.24) is 0 Å². The summed E-state index contributed by atoms with van der Waals surface area (Å²) in [6, 6.07) is 18.4. The molecule has 0 aromatic heterocycles. The average molecular weight is 350 g/mol. The highest BCUT2D eigenvalue weighted by molar-refractivity contribution is 6.04. The summed E-state index contributed by atoms with van der Waals surface area (Å²) in [5, 5.41) is 5.93. The van der Waals surface area contributed by atoms with E-state index in [1.807, 2.05) is 0 Å². The Morgan fingerprint density at radius 2 is 1.62 bits per heavy atom. The number of fused-ring (bicyclic) bond motifs is 1. The summed E-state index contributed by atoms with van der Waals surface area (Å²) >= 11 is 0. The topological polar surface area (TPSA) is 59.6 Å². The molecule has 0 fully saturated rings. The molecule has 0 saturated heterocycles. The highest BCUT2D eigenvalue weighted by Gasteiger charge is 2.16. The zero-order valence-corrected chi connectivity index (χ0v) is 13.7. The lowest BCUT2D eigenvalue weighted by molar-refractivity contribution is 0.102. The van der Waals surface area contributed by atoms with Crippen LogP contribution in [0.25, 0.3) is 0 Å². The third-order valence-electron chi connectivity index (χ3n) is 3.89. The normalized spacial score (nSPS) is 11.9. The number of hydrogen-bond donors (Lipinski definition) is 2. The first-order chi connectivity index (χ1) is 12.7. The fourth-order valence-electron chi connectivity index (χ4n) is 2.61. The van der Waals surface area contributed by atoms with Gasteiger partial charge in [-0.15, -0.1) is 0 Å². The van der Waals surface area contributed by atoms with Crippen molar-refractivity contribution in [2.45, 2.75) is 0 Å². The SMILES string of the molecule is O=C(Nc1ccc(Nc2cccc(F)c2)cc1)c1ccc2c(c1)OCO2. The molecular formula is C20H15FN2O3. The first-order valence-electron chi connectivity index (χ1n) is 8.01. The van der Waals surface area contributed by atoms with Crippen molar-refractivity contribution >= 4 is 23.0 Å². The minimum absolute atomic E-state index is 0.167. The van der Waals surface area contributed by atoms with E-state index in [4.69, 9.17) is 9.47 Å². The molecule has 6 heteroatoms. The molecule has 1 heterocycles. The fraction of sp³-hybridized carbons (Fsp3) is 0.0500. The molecule has 2 N–H and O–H groups in total. The number of amides is 1. The van der Waals surface area contributed by atoms with E-state index in [1.54, 1.807) is 54.6 Å². The lowest BCUT2D eigenvalue weighted by Crippen LogP contribution is -2.11. The molecule has 0 unspecified atom stereocenters. The molecule has 0 bridgehead atoms. The molecule has 5 nitrogen and oxygen atoms in total. The van der Waals surface area contributed by atoms with Crippen LogP contribution in [-0.2, 0) is 0 Å². The number of anilines is 3. The summed E-state index contributed by atoms with van der Waals surface area (Å²) < 4.78 is 23.7. The van der Waals surface area contributed by atoms with Gasteiger partial charge in [0.2, 0.25) is 6.79 Å². The van der Waals surface area contributed by atoms with Crippen LogP contribution < -0.4 is 20.1 Å². The predicted octanol–water partition coefficient (Wildman–Crippen LogP) is 4.55.